The Balaban J connectivity index is 2.50. The van der Waals surface area contributed by atoms with Crippen LogP contribution in [0.5, 0.6) is 0 Å². The van der Waals surface area contributed by atoms with Gasteiger partial charge < -0.3 is 4.90 Å². The quantitative estimate of drug-likeness (QED) is 0.693. The fourth-order valence-corrected chi connectivity index (χ4v) is 2.04. The number of carbonyl (C=O) groups is 1. The zero-order valence-corrected chi connectivity index (χ0v) is 8.96. The van der Waals surface area contributed by atoms with E-state index in [9.17, 15) is 9.18 Å². The first-order valence-electron chi connectivity index (χ1n) is 5.20. The van der Waals surface area contributed by atoms with Gasteiger partial charge in [0, 0.05) is 12.5 Å². The normalized spacial score (nSPS) is 15.7. The zero-order chi connectivity index (χ0) is 11.0. The molecule has 0 aromatic heterocycles. The fraction of sp³-hybridized carbons (Fsp3) is 0.417. The van der Waals surface area contributed by atoms with Gasteiger partial charge in [0.2, 0.25) is 5.91 Å². The molecule has 0 aliphatic carbocycles. The van der Waals surface area contributed by atoms with Gasteiger partial charge in [-0.2, -0.15) is 0 Å². The highest BCUT2D eigenvalue weighted by Crippen LogP contribution is 2.29. The molecule has 0 N–H and O–H groups in total. The molecule has 15 heavy (non-hydrogen) atoms. The fourth-order valence-electron chi connectivity index (χ4n) is 2.04. The number of fused-ring (bicyclic) bond motifs is 1. The van der Waals surface area contributed by atoms with E-state index >= 15 is 0 Å². The number of hydrogen-bond acceptors (Lipinski definition) is 1. The van der Waals surface area contributed by atoms with E-state index in [1.807, 2.05) is 13.8 Å². The van der Waals surface area contributed by atoms with Crippen molar-refractivity contribution >= 4 is 11.6 Å². The van der Waals surface area contributed by atoms with Crippen LogP contribution in [0.15, 0.2) is 18.2 Å². The number of halogens is 1. The molecule has 0 spiro atoms. The summed E-state index contributed by atoms with van der Waals surface area (Å²) in [5.41, 5.74) is 1.80. The molecule has 0 radical (unpaired) electrons. The lowest BCUT2D eigenvalue weighted by atomic mass is 10.00. The number of hydrogen-bond donors (Lipinski definition) is 0. The molecule has 2 rings (SSSR count). The molecule has 3 heteroatoms. The average molecular weight is 207 g/mol. The summed E-state index contributed by atoms with van der Waals surface area (Å²) in [7, 11) is 0. The van der Waals surface area contributed by atoms with E-state index in [1.165, 1.54) is 12.1 Å². The van der Waals surface area contributed by atoms with Crippen molar-refractivity contribution in [3.63, 3.8) is 0 Å². The van der Waals surface area contributed by atoms with Crippen LogP contribution in [0.2, 0.25) is 0 Å². The summed E-state index contributed by atoms with van der Waals surface area (Å²) in [6.07, 6.45) is 1.24. The lowest BCUT2D eigenvalue weighted by molar-refractivity contribution is -0.119. The van der Waals surface area contributed by atoms with Gasteiger partial charge in [-0.1, -0.05) is 6.07 Å². The lowest BCUT2D eigenvalue weighted by Gasteiger charge is -2.32. The molecule has 2 nitrogen and oxygen atoms in total. The van der Waals surface area contributed by atoms with Crippen LogP contribution < -0.4 is 4.90 Å². The predicted octanol–water partition coefficient (Wildman–Crippen LogP) is 2.51. The molecule has 1 aromatic rings. The molecule has 1 aromatic carbocycles. The third kappa shape index (κ3) is 1.74. The maximum absolute atomic E-state index is 13.1. The highest BCUT2D eigenvalue weighted by molar-refractivity contribution is 5.96. The van der Waals surface area contributed by atoms with Gasteiger partial charge in [0.25, 0.3) is 0 Å². The second-order valence-corrected chi connectivity index (χ2v) is 4.13. The van der Waals surface area contributed by atoms with E-state index in [2.05, 4.69) is 0 Å². The van der Waals surface area contributed by atoms with E-state index in [0.717, 1.165) is 17.7 Å². The van der Waals surface area contributed by atoms with Crippen molar-refractivity contribution in [2.75, 3.05) is 4.90 Å². The predicted molar refractivity (Wildman–Crippen MR) is 57.3 cm³/mol. The van der Waals surface area contributed by atoms with Gasteiger partial charge in [-0.25, -0.2) is 4.39 Å². The minimum atomic E-state index is -0.283. The molecule has 80 valence electrons. The Morgan fingerprint density at radius 1 is 1.33 bits per heavy atom. The second kappa shape index (κ2) is 3.65. The standard InChI is InChI=1S/C12H14FNO/c1-8(2)14-11-7-10(13)5-3-9(11)4-6-12(14)15/h3,5,7-8H,4,6H2,1-2H3. The van der Waals surface area contributed by atoms with Gasteiger partial charge in [0.05, 0.1) is 5.69 Å². The van der Waals surface area contributed by atoms with Crippen molar-refractivity contribution in [2.45, 2.75) is 32.7 Å². The number of benzene rings is 1. The van der Waals surface area contributed by atoms with Crippen LogP contribution in [0.4, 0.5) is 10.1 Å². The van der Waals surface area contributed by atoms with Crippen molar-refractivity contribution in [3.8, 4) is 0 Å². The van der Waals surface area contributed by atoms with Crippen LogP contribution in [0.3, 0.4) is 0 Å². The number of amides is 1. The summed E-state index contributed by atoms with van der Waals surface area (Å²) in [5, 5.41) is 0. The van der Waals surface area contributed by atoms with E-state index in [-0.39, 0.29) is 17.8 Å². The average Bonchev–Trinajstić information content (AvgIpc) is 2.16. The monoisotopic (exact) mass is 207 g/mol. The van der Waals surface area contributed by atoms with Gasteiger partial charge in [0.15, 0.2) is 0 Å². The molecular formula is C12H14FNO. The molecule has 1 aliphatic rings. The molecule has 1 heterocycles. The first-order chi connectivity index (χ1) is 7.09. The molecule has 0 bridgehead atoms. The molecule has 0 saturated carbocycles. The third-order valence-electron chi connectivity index (χ3n) is 2.70. The van der Waals surface area contributed by atoms with Crippen LogP contribution in [0, 0.1) is 5.82 Å². The van der Waals surface area contributed by atoms with Crippen molar-refractivity contribution in [2.24, 2.45) is 0 Å². The SMILES string of the molecule is CC(C)N1C(=O)CCc2ccc(F)cc21. The largest absolute Gasteiger partial charge is 0.310 e. The summed E-state index contributed by atoms with van der Waals surface area (Å²) in [6.45, 7) is 3.88. The van der Waals surface area contributed by atoms with E-state index in [4.69, 9.17) is 0 Å². The summed E-state index contributed by atoms with van der Waals surface area (Å²) >= 11 is 0. The molecule has 0 fully saturated rings. The van der Waals surface area contributed by atoms with Crippen LogP contribution in [-0.4, -0.2) is 11.9 Å². The first kappa shape index (κ1) is 10.1. The molecule has 0 saturated heterocycles. The Kier molecular flexibility index (Phi) is 2.47. The van der Waals surface area contributed by atoms with E-state index in [0.29, 0.717) is 6.42 Å². The zero-order valence-electron chi connectivity index (χ0n) is 8.96. The number of carbonyl (C=O) groups excluding carboxylic acids is 1. The molecule has 1 amide bonds. The van der Waals surface area contributed by atoms with Crippen LogP contribution >= 0.6 is 0 Å². The van der Waals surface area contributed by atoms with Crippen molar-refractivity contribution < 1.29 is 9.18 Å². The van der Waals surface area contributed by atoms with Gasteiger partial charge in [-0.3, -0.25) is 4.79 Å². The molecule has 0 unspecified atom stereocenters. The first-order valence-corrected chi connectivity index (χ1v) is 5.20. The van der Waals surface area contributed by atoms with Gasteiger partial charge >= 0.3 is 0 Å². The van der Waals surface area contributed by atoms with Crippen molar-refractivity contribution in [3.05, 3.63) is 29.6 Å². The summed E-state index contributed by atoms with van der Waals surface area (Å²) in [6, 6.07) is 4.75. The summed E-state index contributed by atoms with van der Waals surface area (Å²) in [4.78, 5) is 13.4. The van der Waals surface area contributed by atoms with Gasteiger partial charge in [-0.15, -0.1) is 0 Å². The van der Waals surface area contributed by atoms with E-state index < -0.39 is 0 Å². The number of aryl methyl sites for hydroxylation is 1. The van der Waals surface area contributed by atoms with Crippen molar-refractivity contribution in [1.29, 1.82) is 0 Å². The Hall–Kier alpha value is -1.38. The van der Waals surface area contributed by atoms with Gasteiger partial charge in [-0.05, 0) is 38.0 Å². The Morgan fingerprint density at radius 3 is 2.73 bits per heavy atom. The topological polar surface area (TPSA) is 20.3 Å². The number of nitrogens with zero attached hydrogens (tertiary/aromatic N) is 1. The highest BCUT2D eigenvalue weighted by Gasteiger charge is 2.26. The van der Waals surface area contributed by atoms with Crippen LogP contribution in [0.25, 0.3) is 0 Å². The Morgan fingerprint density at radius 2 is 2.07 bits per heavy atom. The Labute approximate surface area is 88.7 Å². The van der Waals surface area contributed by atoms with Crippen LogP contribution in [0.1, 0.15) is 25.8 Å². The lowest BCUT2D eigenvalue weighted by Crippen LogP contribution is -2.40. The number of rotatable bonds is 1. The highest BCUT2D eigenvalue weighted by atomic mass is 19.1. The summed E-state index contributed by atoms with van der Waals surface area (Å²) < 4.78 is 13.1. The Bertz CT molecular complexity index is 401. The summed E-state index contributed by atoms with van der Waals surface area (Å²) in [5.74, 6) is -0.197. The molecule has 1 aliphatic heterocycles. The number of anilines is 1. The maximum atomic E-state index is 13.1. The third-order valence-corrected chi connectivity index (χ3v) is 2.70. The van der Waals surface area contributed by atoms with Crippen LogP contribution in [-0.2, 0) is 11.2 Å². The van der Waals surface area contributed by atoms with E-state index in [1.54, 1.807) is 11.0 Å². The van der Waals surface area contributed by atoms with Gasteiger partial charge in [0.1, 0.15) is 5.82 Å². The van der Waals surface area contributed by atoms with Crippen molar-refractivity contribution in [1.82, 2.24) is 0 Å². The molecular weight excluding hydrogens is 193 g/mol. The second-order valence-electron chi connectivity index (χ2n) is 4.13. The smallest absolute Gasteiger partial charge is 0.227 e. The minimum absolute atomic E-state index is 0.0818. The minimum Gasteiger partial charge on any atom is -0.310 e. The maximum Gasteiger partial charge on any atom is 0.227 e. The molecule has 0 atom stereocenters.